The van der Waals surface area contributed by atoms with E-state index in [0.29, 0.717) is 5.88 Å². The first kappa shape index (κ1) is 8.50. The molecule has 9 heavy (non-hydrogen) atoms. The molecule has 0 amide bonds. The third-order valence-corrected chi connectivity index (χ3v) is 1.03. The van der Waals surface area contributed by atoms with E-state index in [-0.39, 0.29) is 0 Å². The van der Waals surface area contributed by atoms with E-state index in [1.54, 1.807) is 6.08 Å². The van der Waals surface area contributed by atoms with Crippen molar-refractivity contribution in [2.45, 2.75) is 12.8 Å². The summed E-state index contributed by atoms with van der Waals surface area (Å²) in [6.45, 7) is 0. The standard InChI is InChI=1S/C6H9ClO2/c7-5-3-1-2-4-6(8)9/h2,4H,1,3,5H2,(H,8,9)/b4-2+. The third-order valence-electron chi connectivity index (χ3n) is 0.765. The lowest BCUT2D eigenvalue weighted by Gasteiger charge is -1.83. The number of allylic oxidation sites excluding steroid dienone is 1. The molecule has 0 saturated heterocycles. The van der Waals surface area contributed by atoms with Crippen molar-refractivity contribution >= 4 is 17.6 Å². The van der Waals surface area contributed by atoms with Gasteiger partial charge in [0, 0.05) is 12.0 Å². The summed E-state index contributed by atoms with van der Waals surface area (Å²) in [4.78, 5) is 9.84. The molecule has 0 aliphatic rings. The average molecular weight is 149 g/mol. The van der Waals surface area contributed by atoms with E-state index in [9.17, 15) is 4.79 Å². The fraction of sp³-hybridized carbons (Fsp3) is 0.500. The topological polar surface area (TPSA) is 37.3 Å². The van der Waals surface area contributed by atoms with Crippen LogP contribution in [0.15, 0.2) is 12.2 Å². The van der Waals surface area contributed by atoms with Crippen LogP contribution in [-0.4, -0.2) is 17.0 Å². The smallest absolute Gasteiger partial charge is 0.327 e. The highest BCUT2D eigenvalue weighted by Gasteiger charge is 1.83. The molecule has 0 bridgehead atoms. The maximum atomic E-state index is 9.84. The van der Waals surface area contributed by atoms with Crippen molar-refractivity contribution in [3.8, 4) is 0 Å². The molecule has 0 unspecified atom stereocenters. The Hall–Kier alpha value is -0.500. The highest BCUT2D eigenvalue weighted by Crippen LogP contribution is 1.92. The van der Waals surface area contributed by atoms with Crippen molar-refractivity contribution < 1.29 is 9.90 Å². The van der Waals surface area contributed by atoms with Crippen molar-refractivity contribution in [2.24, 2.45) is 0 Å². The minimum Gasteiger partial charge on any atom is -0.478 e. The van der Waals surface area contributed by atoms with Gasteiger partial charge in [0.2, 0.25) is 0 Å². The monoisotopic (exact) mass is 148 g/mol. The molecule has 3 heteroatoms. The Morgan fingerprint density at radius 2 is 2.33 bits per heavy atom. The molecule has 0 aliphatic heterocycles. The first-order chi connectivity index (χ1) is 4.27. The van der Waals surface area contributed by atoms with Crippen molar-refractivity contribution in [3.63, 3.8) is 0 Å². The van der Waals surface area contributed by atoms with E-state index < -0.39 is 5.97 Å². The Kier molecular flexibility index (Phi) is 5.32. The van der Waals surface area contributed by atoms with Gasteiger partial charge < -0.3 is 5.11 Å². The molecule has 2 nitrogen and oxygen atoms in total. The summed E-state index contributed by atoms with van der Waals surface area (Å²) in [7, 11) is 0. The number of rotatable bonds is 4. The van der Waals surface area contributed by atoms with Crippen LogP contribution in [0.2, 0.25) is 0 Å². The highest BCUT2D eigenvalue weighted by molar-refractivity contribution is 6.17. The number of halogens is 1. The van der Waals surface area contributed by atoms with Crippen LogP contribution in [0.4, 0.5) is 0 Å². The number of carboxylic acid groups (broad SMARTS) is 1. The van der Waals surface area contributed by atoms with Gasteiger partial charge in [-0.25, -0.2) is 4.79 Å². The molecule has 0 fully saturated rings. The molecule has 1 N–H and O–H groups in total. The predicted molar refractivity (Wildman–Crippen MR) is 36.7 cm³/mol. The summed E-state index contributed by atoms with van der Waals surface area (Å²) in [5.74, 6) is -0.311. The van der Waals surface area contributed by atoms with Gasteiger partial charge >= 0.3 is 5.97 Å². The van der Waals surface area contributed by atoms with E-state index >= 15 is 0 Å². The largest absolute Gasteiger partial charge is 0.478 e. The number of unbranched alkanes of at least 4 members (excludes halogenated alkanes) is 1. The minimum atomic E-state index is -0.899. The van der Waals surface area contributed by atoms with Crippen LogP contribution in [0, 0.1) is 0 Å². The molecule has 0 saturated carbocycles. The number of hydrogen-bond acceptors (Lipinski definition) is 1. The van der Waals surface area contributed by atoms with Gasteiger partial charge in [0.15, 0.2) is 0 Å². The molecule has 0 aromatic rings. The second kappa shape index (κ2) is 5.63. The van der Waals surface area contributed by atoms with Gasteiger partial charge in [-0.3, -0.25) is 0 Å². The molecule has 0 atom stereocenters. The number of aliphatic carboxylic acids is 1. The second-order valence-electron chi connectivity index (χ2n) is 1.57. The fourth-order valence-electron chi connectivity index (χ4n) is 0.379. The fourth-order valence-corrected chi connectivity index (χ4v) is 0.533. The zero-order valence-corrected chi connectivity index (χ0v) is 5.77. The number of hydrogen-bond donors (Lipinski definition) is 1. The summed E-state index contributed by atoms with van der Waals surface area (Å²) in [6.07, 6.45) is 4.32. The van der Waals surface area contributed by atoms with Gasteiger partial charge in [0.25, 0.3) is 0 Å². The van der Waals surface area contributed by atoms with Gasteiger partial charge in [-0.2, -0.15) is 0 Å². The molecule has 0 radical (unpaired) electrons. The van der Waals surface area contributed by atoms with Gasteiger partial charge in [0.1, 0.15) is 0 Å². The molecule has 0 aromatic carbocycles. The van der Waals surface area contributed by atoms with Crippen molar-refractivity contribution in [1.82, 2.24) is 0 Å². The second-order valence-corrected chi connectivity index (χ2v) is 1.95. The number of carboxylic acids is 1. The van der Waals surface area contributed by atoms with Crippen LogP contribution in [0.5, 0.6) is 0 Å². The molecular weight excluding hydrogens is 140 g/mol. The summed E-state index contributed by atoms with van der Waals surface area (Å²) in [5, 5.41) is 8.09. The zero-order valence-electron chi connectivity index (χ0n) is 5.01. The first-order valence-electron chi connectivity index (χ1n) is 2.73. The summed E-state index contributed by atoms with van der Waals surface area (Å²) >= 11 is 5.34. The Morgan fingerprint density at radius 1 is 1.67 bits per heavy atom. The van der Waals surface area contributed by atoms with Gasteiger partial charge in [-0.05, 0) is 12.8 Å². The summed E-state index contributed by atoms with van der Waals surface area (Å²) < 4.78 is 0. The lowest BCUT2D eigenvalue weighted by Crippen LogP contribution is -1.85. The Labute approximate surface area is 59.1 Å². The molecule has 0 aliphatic carbocycles. The Morgan fingerprint density at radius 3 is 2.78 bits per heavy atom. The maximum absolute atomic E-state index is 9.84. The normalized spacial score (nSPS) is 10.3. The van der Waals surface area contributed by atoms with E-state index in [1.807, 2.05) is 0 Å². The van der Waals surface area contributed by atoms with Crippen LogP contribution >= 0.6 is 11.6 Å². The van der Waals surface area contributed by atoms with Crippen LogP contribution in [0.25, 0.3) is 0 Å². The first-order valence-corrected chi connectivity index (χ1v) is 3.26. The molecular formula is C6H9ClO2. The lowest BCUT2D eigenvalue weighted by molar-refractivity contribution is -0.131. The molecule has 52 valence electrons. The molecule has 0 rings (SSSR count). The lowest BCUT2D eigenvalue weighted by atomic mass is 10.3. The van der Waals surface area contributed by atoms with E-state index in [4.69, 9.17) is 16.7 Å². The zero-order chi connectivity index (χ0) is 7.11. The van der Waals surface area contributed by atoms with Crippen molar-refractivity contribution in [1.29, 1.82) is 0 Å². The van der Waals surface area contributed by atoms with E-state index in [2.05, 4.69) is 0 Å². The molecule has 0 spiro atoms. The highest BCUT2D eigenvalue weighted by atomic mass is 35.5. The Balaban J connectivity index is 3.15. The quantitative estimate of drug-likeness (QED) is 0.374. The van der Waals surface area contributed by atoms with E-state index in [1.165, 1.54) is 0 Å². The number of carbonyl (C=O) groups is 1. The molecule has 0 heterocycles. The minimum absolute atomic E-state index is 0.587. The SMILES string of the molecule is O=C(O)/C=C/CCCCl. The number of alkyl halides is 1. The van der Waals surface area contributed by atoms with Gasteiger partial charge in [-0.1, -0.05) is 6.08 Å². The molecule has 0 aromatic heterocycles. The maximum Gasteiger partial charge on any atom is 0.327 e. The van der Waals surface area contributed by atoms with Gasteiger partial charge in [-0.15, -0.1) is 11.6 Å². The summed E-state index contributed by atoms with van der Waals surface area (Å²) in [5.41, 5.74) is 0. The van der Waals surface area contributed by atoms with Crippen molar-refractivity contribution in [2.75, 3.05) is 5.88 Å². The Bertz CT molecular complexity index is 110. The average Bonchev–Trinajstić information content (AvgIpc) is 1.80. The van der Waals surface area contributed by atoms with Crippen LogP contribution in [-0.2, 0) is 4.79 Å². The third kappa shape index (κ3) is 7.50. The van der Waals surface area contributed by atoms with Crippen LogP contribution < -0.4 is 0 Å². The van der Waals surface area contributed by atoms with Gasteiger partial charge in [0.05, 0.1) is 0 Å². The summed E-state index contributed by atoms with van der Waals surface area (Å²) in [6, 6.07) is 0. The van der Waals surface area contributed by atoms with E-state index in [0.717, 1.165) is 18.9 Å². The van der Waals surface area contributed by atoms with Crippen molar-refractivity contribution in [3.05, 3.63) is 12.2 Å². The predicted octanol–water partition coefficient (Wildman–Crippen LogP) is 1.65. The van der Waals surface area contributed by atoms with Crippen LogP contribution in [0.3, 0.4) is 0 Å². The van der Waals surface area contributed by atoms with Crippen LogP contribution in [0.1, 0.15) is 12.8 Å².